The maximum atomic E-state index is 12.9. The van der Waals surface area contributed by atoms with Gasteiger partial charge in [0.15, 0.2) is 0 Å². The molecule has 3 aliphatic rings. The van der Waals surface area contributed by atoms with Gasteiger partial charge in [0, 0.05) is 11.6 Å². The van der Waals surface area contributed by atoms with Crippen LogP contribution in [0, 0.1) is 23.7 Å². The minimum atomic E-state index is -3.61. The predicted octanol–water partition coefficient (Wildman–Crippen LogP) is 3.03. The van der Waals surface area contributed by atoms with E-state index in [1.54, 1.807) is 42.5 Å². The van der Waals surface area contributed by atoms with Gasteiger partial charge in [-0.1, -0.05) is 34.1 Å². The van der Waals surface area contributed by atoms with Crippen molar-refractivity contribution in [2.24, 2.45) is 23.7 Å². The van der Waals surface area contributed by atoms with Crippen molar-refractivity contribution < 1.29 is 22.7 Å². The Morgan fingerprint density at radius 1 is 1.00 bits per heavy atom. The van der Waals surface area contributed by atoms with Gasteiger partial charge in [0.2, 0.25) is 15.7 Å². The van der Waals surface area contributed by atoms with E-state index in [0.717, 1.165) is 6.42 Å². The van der Waals surface area contributed by atoms with E-state index in [1.165, 1.54) is 12.1 Å². The minimum absolute atomic E-state index is 0.00402. The first-order valence-corrected chi connectivity index (χ1v) is 11.8. The highest BCUT2D eigenvalue weighted by molar-refractivity contribution is 9.09. The Hall–Kier alpha value is -2.19. The fraction of sp³-hybridized carbons (Fsp3) is 0.333. The highest BCUT2D eigenvalue weighted by Gasteiger charge is 2.67. The Labute approximate surface area is 176 Å². The molecule has 0 spiro atoms. The van der Waals surface area contributed by atoms with E-state index in [9.17, 15) is 18.0 Å². The second-order valence-electron chi connectivity index (χ2n) is 7.79. The van der Waals surface area contributed by atoms with Gasteiger partial charge in [-0.2, -0.15) is 0 Å². The molecule has 2 saturated carbocycles. The fourth-order valence-corrected chi connectivity index (χ4v) is 7.34. The number of halogens is 1. The van der Waals surface area contributed by atoms with E-state index >= 15 is 0 Å². The van der Waals surface area contributed by atoms with Crippen molar-refractivity contribution in [1.29, 1.82) is 0 Å². The molecule has 0 radical (unpaired) electrons. The van der Waals surface area contributed by atoms with Crippen molar-refractivity contribution in [1.82, 2.24) is 0 Å². The largest absolute Gasteiger partial charge is 0.461 e. The summed E-state index contributed by atoms with van der Waals surface area (Å²) in [6.45, 7) is 0. The second kappa shape index (κ2) is 6.67. The van der Waals surface area contributed by atoms with Crippen molar-refractivity contribution in [2.45, 2.75) is 27.1 Å². The number of sulfone groups is 1. The molecular formula is C21H18BrNO5S. The number of fused-ring (bicyclic) bond motifs is 1. The first kappa shape index (κ1) is 18.8. The monoisotopic (exact) mass is 475 g/mol. The smallest absolute Gasteiger partial charge is 0.310 e. The molecule has 150 valence electrons. The van der Waals surface area contributed by atoms with Gasteiger partial charge in [-0.25, -0.2) is 8.42 Å². The van der Waals surface area contributed by atoms with Gasteiger partial charge < -0.3 is 10.1 Å². The van der Waals surface area contributed by atoms with E-state index in [-0.39, 0.29) is 50.4 Å². The minimum Gasteiger partial charge on any atom is -0.461 e. The van der Waals surface area contributed by atoms with Crippen LogP contribution in [0.5, 0.6) is 0 Å². The van der Waals surface area contributed by atoms with Gasteiger partial charge in [0.1, 0.15) is 6.10 Å². The summed E-state index contributed by atoms with van der Waals surface area (Å²) in [5, 5.41) is 2.85. The molecule has 2 aliphatic carbocycles. The molecule has 0 aromatic heterocycles. The lowest BCUT2D eigenvalue weighted by atomic mass is 9.79. The van der Waals surface area contributed by atoms with Gasteiger partial charge in [-0.05, 0) is 48.7 Å². The number of anilines is 1. The van der Waals surface area contributed by atoms with E-state index in [0.29, 0.717) is 5.69 Å². The van der Waals surface area contributed by atoms with Crippen LogP contribution in [-0.4, -0.2) is 31.2 Å². The van der Waals surface area contributed by atoms with Gasteiger partial charge in [0.05, 0.1) is 26.5 Å². The molecule has 1 saturated heterocycles. The summed E-state index contributed by atoms with van der Waals surface area (Å²) in [5.74, 6) is -1.14. The van der Waals surface area contributed by atoms with Crippen LogP contribution in [0.3, 0.4) is 0 Å². The highest BCUT2D eigenvalue weighted by Crippen LogP contribution is 2.60. The predicted molar refractivity (Wildman–Crippen MR) is 108 cm³/mol. The number of esters is 1. The third kappa shape index (κ3) is 2.84. The molecule has 5 rings (SSSR count). The summed E-state index contributed by atoms with van der Waals surface area (Å²) in [5.41, 5.74) is 0.499. The van der Waals surface area contributed by atoms with E-state index in [1.807, 2.05) is 0 Å². The number of carbonyl (C=O) groups excluding carboxylic acids is 2. The van der Waals surface area contributed by atoms with Crippen LogP contribution in [0.1, 0.15) is 6.42 Å². The number of nitrogens with one attached hydrogen (secondary N) is 1. The van der Waals surface area contributed by atoms with Gasteiger partial charge in [-0.15, -0.1) is 0 Å². The van der Waals surface area contributed by atoms with Crippen LogP contribution >= 0.6 is 15.9 Å². The first-order valence-electron chi connectivity index (χ1n) is 9.43. The number of carbonyl (C=O) groups is 2. The second-order valence-corrected chi connectivity index (χ2v) is 10.8. The Morgan fingerprint density at radius 2 is 1.66 bits per heavy atom. The summed E-state index contributed by atoms with van der Waals surface area (Å²) >= 11 is 3.60. The molecule has 8 heteroatoms. The molecule has 1 N–H and O–H groups in total. The van der Waals surface area contributed by atoms with E-state index in [4.69, 9.17) is 4.74 Å². The number of rotatable bonds is 4. The van der Waals surface area contributed by atoms with Crippen LogP contribution in [-0.2, 0) is 24.2 Å². The van der Waals surface area contributed by atoms with Gasteiger partial charge in [-0.3, -0.25) is 9.59 Å². The van der Waals surface area contributed by atoms with Crippen molar-refractivity contribution in [3.8, 4) is 0 Å². The molecule has 3 fully saturated rings. The topological polar surface area (TPSA) is 89.5 Å². The average Bonchev–Trinajstić information content (AvgIpc) is 3.33. The van der Waals surface area contributed by atoms with Crippen molar-refractivity contribution in [2.75, 3.05) is 5.32 Å². The fourth-order valence-electron chi connectivity index (χ4n) is 5.01. The molecule has 2 aromatic carbocycles. The molecule has 29 heavy (non-hydrogen) atoms. The first-order chi connectivity index (χ1) is 13.9. The number of ether oxygens (including phenoxy) is 1. The quantitative estimate of drug-likeness (QED) is 0.542. The lowest BCUT2D eigenvalue weighted by molar-refractivity contribution is -0.145. The number of hydrogen-bond donors (Lipinski definition) is 1. The van der Waals surface area contributed by atoms with Crippen LogP contribution in [0.4, 0.5) is 5.69 Å². The summed E-state index contributed by atoms with van der Waals surface area (Å²) < 4.78 is 30.8. The average molecular weight is 476 g/mol. The summed E-state index contributed by atoms with van der Waals surface area (Å²) in [7, 11) is -3.61. The number of amides is 1. The number of alkyl halides is 1. The van der Waals surface area contributed by atoms with Crippen LogP contribution in [0.2, 0.25) is 0 Å². The zero-order valence-corrected chi connectivity index (χ0v) is 17.6. The molecular weight excluding hydrogens is 458 g/mol. The van der Waals surface area contributed by atoms with Crippen LogP contribution < -0.4 is 5.32 Å². The molecule has 6 nitrogen and oxygen atoms in total. The van der Waals surface area contributed by atoms with Crippen molar-refractivity contribution in [3.63, 3.8) is 0 Å². The Morgan fingerprint density at radius 3 is 2.34 bits per heavy atom. The molecule has 2 aromatic rings. The molecule has 1 amide bonds. The maximum absolute atomic E-state index is 12.9. The molecule has 1 heterocycles. The molecule has 2 bridgehead atoms. The Balaban J connectivity index is 1.34. The van der Waals surface area contributed by atoms with Crippen molar-refractivity contribution in [3.05, 3.63) is 54.6 Å². The van der Waals surface area contributed by atoms with E-state index < -0.39 is 15.8 Å². The maximum Gasteiger partial charge on any atom is 0.310 e. The standard InChI is InChI=1S/C21H18BrNO5S/c22-18-14-10-15-17(21(25)28-19(15)18)16(14)20(24)23-11-6-8-13(9-7-11)29(26,27)12-4-2-1-3-5-12/h1-9,14-19H,10H2,(H,23,24)/t14-,15-,16-,17+,18-,19+/m1/s1. The normalized spacial score (nSPS) is 32.2. The van der Waals surface area contributed by atoms with E-state index in [2.05, 4.69) is 21.2 Å². The lowest BCUT2D eigenvalue weighted by Gasteiger charge is -2.27. The summed E-state index contributed by atoms with van der Waals surface area (Å²) in [6, 6.07) is 14.3. The SMILES string of the molecule is O=C(Nc1ccc(S(=O)(=O)c2ccccc2)cc1)[C@@H]1[C@H]2C[C@H]3[C@H](OC(=O)[C@@H]31)[C@@H]2Br. The summed E-state index contributed by atoms with van der Waals surface area (Å²) in [4.78, 5) is 25.5. The van der Waals surface area contributed by atoms with Crippen LogP contribution in [0.15, 0.2) is 64.4 Å². The van der Waals surface area contributed by atoms with Crippen molar-refractivity contribution >= 4 is 43.3 Å². The highest BCUT2D eigenvalue weighted by atomic mass is 79.9. The summed E-state index contributed by atoms with van der Waals surface area (Å²) in [6.07, 6.45) is 0.688. The third-order valence-corrected chi connectivity index (χ3v) is 9.30. The van der Waals surface area contributed by atoms with Crippen LogP contribution in [0.25, 0.3) is 0 Å². The Kier molecular flexibility index (Phi) is 4.33. The molecule has 0 unspecified atom stereocenters. The molecule has 1 aliphatic heterocycles. The van der Waals surface area contributed by atoms with Gasteiger partial charge in [0.25, 0.3) is 0 Å². The lowest BCUT2D eigenvalue weighted by Crippen LogP contribution is -2.40. The van der Waals surface area contributed by atoms with Gasteiger partial charge >= 0.3 is 5.97 Å². The number of hydrogen-bond acceptors (Lipinski definition) is 5. The Bertz CT molecular complexity index is 1090. The third-order valence-electron chi connectivity index (χ3n) is 6.31. The number of benzene rings is 2. The molecule has 6 atom stereocenters. The zero-order valence-electron chi connectivity index (χ0n) is 15.2. The zero-order chi connectivity index (χ0) is 20.3.